The van der Waals surface area contributed by atoms with Crippen LogP contribution in [0.1, 0.15) is 5.56 Å². The zero-order valence-corrected chi connectivity index (χ0v) is 12.0. The molecule has 0 aliphatic rings. The molecule has 0 saturated carbocycles. The van der Waals surface area contributed by atoms with Crippen molar-refractivity contribution in [2.45, 2.75) is 6.42 Å². The molecular formula is C16H17NOS. The zero-order valence-electron chi connectivity index (χ0n) is 11.2. The zero-order chi connectivity index (χ0) is 13.5. The number of ether oxygens (including phenoxy) is 1. The van der Waals surface area contributed by atoms with Crippen LogP contribution in [0.4, 0.5) is 5.69 Å². The largest absolute Gasteiger partial charge is 0.497 e. The first kappa shape index (κ1) is 13.7. The quantitative estimate of drug-likeness (QED) is 0.609. The predicted molar refractivity (Wildman–Crippen MR) is 83.8 cm³/mol. The maximum atomic E-state index is 5.14. The SMILES string of the molecule is COc1ccc(N=C(Cc2ccccc2)SC)cc1. The fourth-order valence-electron chi connectivity index (χ4n) is 1.73. The smallest absolute Gasteiger partial charge is 0.119 e. The Labute approximate surface area is 118 Å². The van der Waals surface area contributed by atoms with E-state index in [0.717, 1.165) is 22.9 Å². The molecule has 98 valence electrons. The van der Waals surface area contributed by atoms with Crippen molar-refractivity contribution >= 4 is 22.5 Å². The van der Waals surface area contributed by atoms with Gasteiger partial charge in [0, 0.05) is 6.42 Å². The van der Waals surface area contributed by atoms with Gasteiger partial charge in [-0.1, -0.05) is 30.3 Å². The number of rotatable bonds is 4. The van der Waals surface area contributed by atoms with Crippen LogP contribution in [0.25, 0.3) is 0 Å². The Bertz CT molecular complexity index is 534. The highest BCUT2D eigenvalue weighted by Gasteiger charge is 2.01. The van der Waals surface area contributed by atoms with Crippen molar-refractivity contribution < 1.29 is 4.74 Å². The highest BCUT2D eigenvalue weighted by molar-refractivity contribution is 8.13. The highest BCUT2D eigenvalue weighted by atomic mass is 32.2. The van der Waals surface area contributed by atoms with Gasteiger partial charge in [-0.25, -0.2) is 4.99 Å². The molecule has 0 atom stereocenters. The topological polar surface area (TPSA) is 21.6 Å². The molecule has 0 radical (unpaired) electrons. The molecule has 2 rings (SSSR count). The lowest BCUT2D eigenvalue weighted by Crippen LogP contribution is -1.96. The average molecular weight is 271 g/mol. The summed E-state index contributed by atoms with van der Waals surface area (Å²) in [4.78, 5) is 4.67. The van der Waals surface area contributed by atoms with Crippen LogP contribution in [0.5, 0.6) is 5.75 Å². The van der Waals surface area contributed by atoms with E-state index in [2.05, 4.69) is 35.5 Å². The molecule has 0 amide bonds. The maximum Gasteiger partial charge on any atom is 0.119 e. The second kappa shape index (κ2) is 7.00. The molecule has 2 aromatic carbocycles. The van der Waals surface area contributed by atoms with Crippen LogP contribution in [0.2, 0.25) is 0 Å². The van der Waals surface area contributed by atoms with Crippen molar-refractivity contribution in [1.29, 1.82) is 0 Å². The molecule has 0 aromatic heterocycles. The Kier molecular flexibility index (Phi) is 5.04. The van der Waals surface area contributed by atoms with Gasteiger partial charge in [-0.15, -0.1) is 11.8 Å². The molecule has 0 spiro atoms. The van der Waals surface area contributed by atoms with Gasteiger partial charge in [0.2, 0.25) is 0 Å². The van der Waals surface area contributed by atoms with Crippen LogP contribution in [-0.4, -0.2) is 18.4 Å². The molecule has 2 nitrogen and oxygen atoms in total. The Hall–Kier alpha value is -1.74. The average Bonchev–Trinajstić information content (AvgIpc) is 2.48. The van der Waals surface area contributed by atoms with E-state index in [4.69, 9.17) is 4.74 Å². The van der Waals surface area contributed by atoms with Crippen LogP contribution in [0, 0.1) is 0 Å². The molecule has 0 unspecified atom stereocenters. The summed E-state index contributed by atoms with van der Waals surface area (Å²) in [7, 11) is 1.67. The van der Waals surface area contributed by atoms with E-state index in [-0.39, 0.29) is 0 Å². The third-order valence-corrected chi connectivity index (χ3v) is 3.47. The molecule has 0 aliphatic carbocycles. The Morgan fingerprint density at radius 1 is 1.05 bits per heavy atom. The number of methoxy groups -OCH3 is 1. The number of nitrogens with zero attached hydrogens (tertiary/aromatic N) is 1. The fraction of sp³-hybridized carbons (Fsp3) is 0.188. The first-order valence-corrected chi connectivity index (χ1v) is 7.34. The van der Waals surface area contributed by atoms with Gasteiger partial charge in [-0.3, -0.25) is 0 Å². The van der Waals surface area contributed by atoms with Gasteiger partial charge in [-0.05, 0) is 36.1 Å². The third-order valence-electron chi connectivity index (χ3n) is 2.76. The van der Waals surface area contributed by atoms with Crippen LogP contribution in [-0.2, 0) is 6.42 Å². The number of aliphatic imine (C=N–C) groups is 1. The first-order valence-electron chi connectivity index (χ1n) is 6.11. The highest BCUT2D eigenvalue weighted by Crippen LogP contribution is 2.20. The second-order valence-electron chi connectivity index (χ2n) is 4.07. The Balaban J connectivity index is 2.13. The summed E-state index contributed by atoms with van der Waals surface area (Å²) in [6.45, 7) is 0. The van der Waals surface area contributed by atoms with Crippen molar-refractivity contribution in [2.75, 3.05) is 13.4 Å². The van der Waals surface area contributed by atoms with Crippen molar-refractivity contribution in [3.63, 3.8) is 0 Å². The minimum absolute atomic E-state index is 0.854. The summed E-state index contributed by atoms with van der Waals surface area (Å²) < 4.78 is 5.14. The van der Waals surface area contributed by atoms with Crippen LogP contribution in [0.15, 0.2) is 59.6 Å². The molecule has 0 bridgehead atoms. The molecule has 2 aromatic rings. The summed E-state index contributed by atoms with van der Waals surface area (Å²) in [5.41, 5.74) is 2.24. The van der Waals surface area contributed by atoms with E-state index in [1.54, 1.807) is 18.9 Å². The first-order chi connectivity index (χ1) is 9.31. The van der Waals surface area contributed by atoms with Gasteiger partial charge in [0.25, 0.3) is 0 Å². The third kappa shape index (κ3) is 4.14. The van der Waals surface area contributed by atoms with Gasteiger partial charge in [0.1, 0.15) is 5.75 Å². The van der Waals surface area contributed by atoms with E-state index in [9.17, 15) is 0 Å². The molecule has 0 saturated heterocycles. The van der Waals surface area contributed by atoms with E-state index >= 15 is 0 Å². The van der Waals surface area contributed by atoms with Crippen molar-refractivity contribution in [3.8, 4) is 5.75 Å². The van der Waals surface area contributed by atoms with Crippen LogP contribution < -0.4 is 4.74 Å². The molecule has 0 N–H and O–H groups in total. The molecular weight excluding hydrogens is 254 g/mol. The van der Waals surface area contributed by atoms with Gasteiger partial charge in [0.05, 0.1) is 17.8 Å². The van der Waals surface area contributed by atoms with Gasteiger partial charge >= 0.3 is 0 Å². The summed E-state index contributed by atoms with van der Waals surface area (Å²) in [5.74, 6) is 0.854. The summed E-state index contributed by atoms with van der Waals surface area (Å²) >= 11 is 1.69. The molecule has 0 aliphatic heterocycles. The van der Waals surface area contributed by atoms with E-state index in [1.807, 2.05) is 30.3 Å². The van der Waals surface area contributed by atoms with E-state index in [1.165, 1.54) is 5.56 Å². The fourth-order valence-corrected chi connectivity index (χ4v) is 2.24. The van der Waals surface area contributed by atoms with E-state index < -0.39 is 0 Å². The Morgan fingerprint density at radius 3 is 2.32 bits per heavy atom. The maximum absolute atomic E-state index is 5.14. The van der Waals surface area contributed by atoms with Crippen LogP contribution >= 0.6 is 11.8 Å². The lowest BCUT2D eigenvalue weighted by molar-refractivity contribution is 0.415. The summed E-state index contributed by atoms with van der Waals surface area (Å²) in [6, 6.07) is 18.2. The number of hydrogen-bond acceptors (Lipinski definition) is 3. The number of thioether (sulfide) groups is 1. The van der Waals surface area contributed by atoms with Gasteiger partial charge in [-0.2, -0.15) is 0 Å². The van der Waals surface area contributed by atoms with Crippen LogP contribution in [0.3, 0.4) is 0 Å². The van der Waals surface area contributed by atoms with Crippen molar-refractivity contribution in [3.05, 3.63) is 60.2 Å². The standard InChI is InChI=1S/C16H17NOS/c1-18-15-10-8-14(9-11-15)17-16(19-2)12-13-6-4-3-5-7-13/h3-11H,12H2,1-2H3. The lowest BCUT2D eigenvalue weighted by Gasteiger charge is -2.04. The van der Waals surface area contributed by atoms with Crippen molar-refractivity contribution in [2.24, 2.45) is 4.99 Å². The van der Waals surface area contributed by atoms with Gasteiger partial charge in [0.15, 0.2) is 0 Å². The second-order valence-corrected chi connectivity index (χ2v) is 4.95. The Morgan fingerprint density at radius 2 is 1.74 bits per heavy atom. The summed E-state index contributed by atoms with van der Waals surface area (Å²) in [5, 5.41) is 1.11. The monoisotopic (exact) mass is 271 g/mol. The lowest BCUT2D eigenvalue weighted by atomic mass is 10.2. The molecule has 0 heterocycles. The summed E-state index contributed by atoms with van der Waals surface area (Å²) in [6.07, 6.45) is 2.93. The number of benzene rings is 2. The van der Waals surface area contributed by atoms with Crippen molar-refractivity contribution in [1.82, 2.24) is 0 Å². The number of hydrogen-bond donors (Lipinski definition) is 0. The van der Waals surface area contributed by atoms with Gasteiger partial charge < -0.3 is 4.74 Å². The minimum Gasteiger partial charge on any atom is -0.497 e. The minimum atomic E-state index is 0.854. The predicted octanol–water partition coefficient (Wildman–Crippen LogP) is 4.33. The molecule has 0 fully saturated rings. The normalized spacial score (nSPS) is 11.4. The van der Waals surface area contributed by atoms with E-state index in [0.29, 0.717) is 0 Å². The molecule has 3 heteroatoms. The molecule has 19 heavy (non-hydrogen) atoms.